The van der Waals surface area contributed by atoms with E-state index in [1.165, 1.54) is 6.33 Å². The van der Waals surface area contributed by atoms with Crippen LogP contribution in [0.4, 0.5) is 5.82 Å². The fourth-order valence-electron chi connectivity index (χ4n) is 2.42. The lowest BCUT2D eigenvalue weighted by Gasteiger charge is -2.05. The maximum absolute atomic E-state index is 6.31. The predicted octanol–water partition coefficient (Wildman–Crippen LogP) is 2.19. The van der Waals surface area contributed by atoms with Crippen molar-refractivity contribution in [3.8, 4) is 22.6 Å². The molecule has 0 radical (unpaired) electrons. The second-order valence-electron chi connectivity index (χ2n) is 5.09. The van der Waals surface area contributed by atoms with Crippen molar-refractivity contribution in [1.82, 2.24) is 34.5 Å². The minimum Gasteiger partial charge on any atom is -0.384 e. The molecule has 4 heterocycles. The Morgan fingerprint density at radius 3 is 2.58 bits per heavy atom. The summed E-state index contributed by atoms with van der Waals surface area (Å²) in [6, 6.07) is 5.30. The molecule has 118 valence electrons. The SMILES string of the molecule is Cc1nc(N)cc(-c2c(Cl)nc3ccc(-c4cncnc4)nn23)n1. The van der Waals surface area contributed by atoms with Crippen molar-refractivity contribution in [3.63, 3.8) is 0 Å². The van der Waals surface area contributed by atoms with Crippen LogP contribution in [0.25, 0.3) is 28.3 Å². The fourth-order valence-corrected chi connectivity index (χ4v) is 2.68. The van der Waals surface area contributed by atoms with Gasteiger partial charge in [-0.05, 0) is 19.1 Å². The zero-order valence-electron chi connectivity index (χ0n) is 12.5. The van der Waals surface area contributed by atoms with Gasteiger partial charge in [0.2, 0.25) is 0 Å². The Morgan fingerprint density at radius 2 is 1.83 bits per heavy atom. The maximum atomic E-state index is 6.31. The highest BCUT2D eigenvalue weighted by atomic mass is 35.5. The molecule has 8 nitrogen and oxygen atoms in total. The third kappa shape index (κ3) is 2.42. The van der Waals surface area contributed by atoms with Crippen LogP contribution in [0, 0.1) is 6.92 Å². The number of hydrogen-bond acceptors (Lipinski definition) is 7. The van der Waals surface area contributed by atoms with Gasteiger partial charge in [-0.15, -0.1) is 0 Å². The Kier molecular flexibility index (Phi) is 3.31. The Balaban J connectivity index is 1.96. The average molecular weight is 339 g/mol. The molecule has 0 saturated heterocycles. The Bertz CT molecular complexity index is 1020. The molecule has 0 aliphatic heterocycles. The van der Waals surface area contributed by atoms with Crippen LogP contribution >= 0.6 is 11.6 Å². The topological polar surface area (TPSA) is 108 Å². The lowest BCUT2D eigenvalue weighted by atomic mass is 10.2. The number of nitrogen functional groups attached to an aromatic ring is 1. The minimum atomic E-state index is 0.293. The van der Waals surface area contributed by atoms with Crippen molar-refractivity contribution in [2.24, 2.45) is 0 Å². The zero-order valence-corrected chi connectivity index (χ0v) is 13.3. The van der Waals surface area contributed by atoms with E-state index < -0.39 is 0 Å². The summed E-state index contributed by atoms with van der Waals surface area (Å²) in [6.45, 7) is 1.76. The molecule has 9 heteroatoms. The van der Waals surface area contributed by atoms with Crippen molar-refractivity contribution < 1.29 is 0 Å². The average Bonchev–Trinajstić information content (AvgIpc) is 2.89. The van der Waals surface area contributed by atoms with Crippen molar-refractivity contribution in [1.29, 1.82) is 0 Å². The number of aryl methyl sites for hydroxylation is 1. The van der Waals surface area contributed by atoms with Gasteiger partial charge in [0.15, 0.2) is 10.8 Å². The third-order valence-electron chi connectivity index (χ3n) is 3.39. The van der Waals surface area contributed by atoms with E-state index in [-0.39, 0.29) is 0 Å². The summed E-state index contributed by atoms with van der Waals surface area (Å²) in [7, 11) is 0. The Labute approximate surface area is 141 Å². The van der Waals surface area contributed by atoms with E-state index in [4.69, 9.17) is 17.3 Å². The number of halogens is 1. The molecule has 24 heavy (non-hydrogen) atoms. The first-order valence-electron chi connectivity index (χ1n) is 7.04. The largest absolute Gasteiger partial charge is 0.384 e. The smallest absolute Gasteiger partial charge is 0.159 e. The van der Waals surface area contributed by atoms with Crippen LogP contribution in [0.5, 0.6) is 0 Å². The summed E-state index contributed by atoms with van der Waals surface area (Å²) in [5.74, 6) is 0.903. The molecule has 2 N–H and O–H groups in total. The molecular formula is C15H11ClN8. The number of nitrogens with zero attached hydrogens (tertiary/aromatic N) is 7. The summed E-state index contributed by atoms with van der Waals surface area (Å²) in [5, 5.41) is 4.88. The van der Waals surface area contributed by atoms with Gasteiger partial charge >= 0.3 is 0 Å². The van der Waals surface area contributed by atoms with Gasteiger partial charge in [0.25, 0.3) is 0 Å². The molecule has 0 aliphatic rings. The van der Waals surface area contributed by atoms with Crippen LogP contribution < -0.4 is 5.73 Å². The first-order valence-corrected chi connectivity index (χ1v) is 7.42. The lowest BCUT2D eigenvalue weighted by molar-refractivity contribution is 0.936. The summed E-state index contributed by atoms with van der Waals surface area (Å²) in [6.07, 6.45) is 4.84. The number of hydrogen-bond donors (Lipinski definition) is 1. The van der Waals surface area contributed by atoms with E-state index in [1.807, 2.05) is 12.1 Å². The summed E-state index contributed by atoms with van der Waals surface area (Å²) in [5.41, 5.74) is 9.02. The van der Waals surface area contributed by atoms with Gasteiger partial charge in [-0.2, -0.15) is 5.10 Å². The van der Waals surface area contributed by atoms with Gasteiger partial charge in [0, 0.05) is 24.0 Å². The number of anilines is 1. The summed E-state index contributed by atoms with van der Waals surface area (Å²) < 4.78 is 1.63. The molecule has 4 aromatic rings. The normalized spacial score (nSPS) is 11.1. The van der Waals surface area contributed by atoms with Gasteiger partial charge in [0.05, 0.1) is 11.4 Å². The van der Waals surface area contributed by atoms with Crippen LogP contribution in [-0.4, -0.2) is 34.5 Å². The van der Waals surface area contributed by atoms with Gasteiger partial charge in [-0.1, -0.05) is 11.6 Å². The molecule has 0 unspecified atom stereocenters. The van der Waals surface area contributed by atoms with Crippen molar-refractivity contribution >= 4 is 23.1 Å². The molecule has 0 fully saturated rings. The number of aromatic nitrogens is 7. The second kappa shape index (κ2) is 5.50. The highest BCUT2D eigenvalue weighted by Crippen LogP contribution is 2.28. The van der Waals surface area contributed by atoms with Crippen LogP contribution in [0.2, 0.25) is 5.15 Å². The number of nitrogens with two attached hydrogens (primary N) is 1. The molecule has 4 rings (SSSR count). The molecule has 0 amide bonds. The van der Waals surface area contributed by atoms with Gasteiger partial charge in [-0.3, -0.25) is 0 Å². The van der Waals surface area contributed by atoms with Gasteiger partial charge in [0.1, 0.15) is 23.7 Å². The highest BCUT2D eigenvalue weighted by Gasteiger charge is 2.17. The third-order valence-corrected chi connectivity index (χ3v) is 3.66. The Hall–Kier alpha value is -3.13. The van der Waals surface area contributed by atoms with Crippen LogP contribution in [0.1, 0.15) is 5.82 Å². The number of rotatable bonds is 2. The first-order chi connectivity index (χ1) is 11.6. The van der Waals surface area contributed by atoms with E-state index in [1.54, 1.807) is 29.9 Å². The Morgan fingerprint density at radius 1 is 1.04 bits per heavy atom. The molecule has 0 aliphatic carbocycles. The van der Waals surface area contributed by atoms with Crippen LogP contribution in [0.15, 0.2) is 36.9 Å². The maximum Gasteiger partial charge on any atom is 0.159 e. The van der Waals surface area contributed by atoms with E-state index in [9.17, 15) is 0 Å². The number of imidazole rings is 1. The molecule has 0 spiro atoms. The second-order valence-corrected chi connectivity index (χ2v) is 5.45. The fraction of sp³-hybridized carbons (Fsp3) is 0.0667. The standard InChI is InChI=1S/C15H11ClN8/c1-8-20-11(4-12(17)21-8)14-15(16)22-13-3-2-10(23-24(13)14)9-5-18-7-19-6-9/h2-7H,1H3,(H2,17,20,21). The minimum absolute atomic E-state index is 0.293. The van der Waals surface area contributed by atoms with Crippen molar-refractivity contribution in [2.45, 2.75) is 6.92 Å². The van der Waals surface area contributed by atoms with Crippen molar-refractivity contribution in [3.05, 3.63) is 47.9 Å². The molecule has 0 saturated carbocycles. The van der Waals surface area contributed by atoms with E-state index >= 15 is 0 Å². The molecule has 0 atom stereocenters. The quantitative estimate of drug-likeness (QED) is 0.596. The van der Waals surface area contributed by atoms with E-state index in [0.717, 1.165) is 5.56 Å². The summed E-state index contributed by atoms with van der Waals surface area (Å²) >= 11 is 6.31. The predicted molar refractivity (Wildman–Crippen MR) is 89.2 cm³/mol. The molecule has 0 bridgehead atoms. The van der Waals surface area contributed by atoms with Gasteiger partial charge in [-0.25, -0.2) is 29.4 Å². The molecular weight excluding hydrogens is 328 g/mol. The van der Waals surface area contributed by atoms with Crippen molar-refractivity contribution in [2.75, 3.05) is 5.73 Å². The van der Waals surface area contributed by atoms with Crippen LogP contribution in [0.3, 0.4) is 0 Å². The molecule has 4 aromatic heterocycles. The monoisotopic (exact) mass is 338 g/mol. The van der Waals surface area contributed by atoms with E-state index in [0.29, 0.717) is 39.5 Å². The zero-order chi connectivity index (χ0) is 16.7. The van der Waals surface area contributed by atoms with E-state index in [2.05, 4.69) is 30.0 Å². The molecule has 0 aromatic carbocycles. The highest BCUT2D eigenvalue weighted by molar-refractivity contribution is 6.32. The lowest BCUT2D eigenvalue weighted by Crippen LogP contribution is -2.01. The summed E-state index contributed by atoms with van der Waals surface area (Å²) in [4.78, 5) is 20.8. The van der Waals surface area contributed by atoms with Gasteiger partial charge < -0.3 is 5.73 Å². The number of fused-ring (bicyclic) bond motifs is 1. The first kappa shape index (κ1) is 14.5. The van der Waals surface area contributed by atoms with Crippen LogP contribution in [-0.2, 0) is 0 Å².